The first kappa shape index (κ1) is 24.0. The first-order valence-electron chi connectivity index (χ1n) is 10.9. The molecule has 174 valence electrons. The Balaban J connectivity index is 1.56. The highest BCUT2D eigenvalue weighted by Crippen LogP contribution is 2.22. The fraction of sp³-hybridized carbons (Fsp3) is 0.148. The number of rotatable bonds is 8. The topological polar surface area (TPSA) is 66.5 Å². The summed E-state index contributed by atoms with van der Waals surface area (Å²) < 4.78 is 28.1. The summed E-state index contributed by atoms with van der Waals surface area (Å²) in [5, 5.41) is 5.47. The predicted molar refractivity (Wildman–Crippen MR) is 136 cm³/mol. The lowest BCUT2D eigenvalue weighted by molar-refractivity contribution is -0.121. The second kappa shape index (κ2) is 10.4. The molecule has 0 saturated heterocycles. The van der Waals surface area contributed by atoms with Gasteiger partial charge in [0.15, 0.2) is 0 Å². The van der Waals surface area contributed by atoms with E-state index in [1.54, 1.807) is 0 Å². The van der Waals surface area contributed by atoms with Gasteiger partial charge in [-0.15, -0.1) is 0 Å². The molecule has 4 aromatic rings. The maximum Gasteiger partial charge on any atom is 0.243 e. The van der Waals surface area contributed by atoms with E-state index in [1.165, 1.54) is 28.6 Å². The lowest BCUT2D eigenvalue weighted by atomic mass is 10.0. The average molecular weight is 493 g/mol. The van der Waals surface area contributed by atoms with Gasteiger partial charge in [-0.05, 0) is 58.7 Å². The molecule has 0 saturated carbocycles. The van der Waals surface area contributed by atoms with E-state index in [0.29, 0.717) is 11.6 Å². The van der Waals surface area contributed by atoms with E-state index >= 15 is 0 Å². The van der Waals surface area contributed by atoms with E-state index in [1.807, 2.05) is 73.7 Å². The Hall–Kier alpha value is -3.19. The molecule has 0 atom stereocenters. The Morgan fingerprint density at radius 3 is 2.26 bits per heavy atom. The second-order valence-electron chi connectivity index (χ2n) is 8.07. The number of hydrogen-bond acceptors (Lipinski definition) is 3. The molecule has 34 heavy (non-hydrogen) atoms. The van der Waals surface area contributed by atoms with Crippen molar-refractivity contribution in [2.45, 2.75) is 24.9 Å². The molecule has 5 nitrogen and oxygen atoms in total. The molecule has 4 rings (SSSR count). The van der Waals surface area contributed by atoms with E-state index in [-0.39, 0.29) is 23.9 Å². The van der Waals surface area contributed by atoms with Crippen LogP contribution in [0.3, 0.4) is 0 Å². The fourth-order valence-electron chi connectivity index (χ4n) is 3.82. The Morgan fingerprint density at radius 2 is 1.50 bits per heavy atom. The summed E-state index contributed by atoms with van der Waals surface area (Å²) in [6, 6.07) is 27.4. The lowest BCUT2D eigenvalue weighted by Crippen LogP contribution is -2.40. The molecule has 0 fully saturated rings. The zero-order valence-corrected chi connectivity index (χ0v) is 20.3. The van der Waals surface area contributed by atoms with E-state index in [9.17, 15) is 13.2 Å². The van der Waals surface area contributed by atoms with Gasteiger partial charge >= 0.3 is 0 Å². The van der Waals surface area contributed by atoms with Crippen molar-refractivity contribution in [3.05, 3.63) is 113 Å². The molecule has 4 aromatic carbocycles. The number of nitrogens with zero attached hydrogens (tertiary/aromatic N) is 1. The molecule has 0 aliphatic heterocycles. The molecule has 7 heteroatoms. The summed E-state index contributed by atoms with van der Waals surface area (Å²) in [6.45, 7) is 2.01. The predicted octanol–water partition coefficient (Wildman–Crippen LogP) is 5.31. The van der Waals surface area contributed by atoms with Crippen molar-refractivity contribution in [1.29, 1.82) is 0 Å². The van der Waals surface area contributed by atoms with Gasteiger partial charge < -0.3 is 5.32 Å². The Morgan fingerprint density at radius 1 is 0.853 bits per heavy atom. The first-order valence-corrected chi connectivity index (χ1v) is 12.7. The molecule has 0 aliphatic carbocycles. The smallest absolute Gasteiger partial charge is 0.243 e. The lowest BCUT2D eigenvalue weighted by Gasteiger charge is -2.23. The molecule has 0 radical (unpaired) electrons. The molecule has 0 aromatic heterocycles. The van der Waals surface area contributed by atoms with Crippen LogP contribution in [0.15, 0.2) is 95.9 Å². The van der Waals surface area contributed by atoms with Crippen molar-refractivity contribution < 1.29 is 13.2 Å². The van der Waals surface area contributed by atoms with Gasteiger partial charge in [-0.1, -0.05) is 78.3 Å². The van der Waals surface area contributed by atoms with Gasteiger partial charge in [0.2, 0.25) is 15.9 Å². The van der Waals surface area contributed by atoms with E-state index in [4.69, 9.17) is 11.6 Å². The van der Waals surface area contributed by atoms with Crippen LogP contribution < -0.4 is 5.32 Å². The van der Waals surface area contributed by atoms with Crippen LogP contribution in [0.1, 0.15) is 16.7 Å². The van der Waals surface area contributed by atoms with Gasteiger partial charge in [0.1, 0.15) is 0 Å². The first-order chi connectivity index (χ1) is 16.3. The number of nitrogens with one attached hydrogen (secondary N) is 1. The SMILES string of the molecule is Cc1ccccc1CN(CC(=O)NCc1cccc2ccccc12)S(=O)(=O)c1ccc(Cl)cc1. The van der Waals surface area contributed by atoms with Crippen LogP contribution in [0, 0.1) is 6.92 Å². The maximum atomic E-state index is 13.4. The third-order valence-corrected chi connectivity index (χ3v) is 7.79. The molecule has 1 N–H and O–H groups in total. The molecule has 0 spiro atoms. The quantitative estimate of drug-likeness (QED) is 0.362. The summed E-state index contributed by atoms with van der Waals surface area (Å²) in [7, 11) is -3.93. The summed E-state index contributed by atoms with van der Waals surface area (Å²) in [6.07, 6.45) is 0. The van der Waals surface area contributed by atoms with Crippen LogP contribution in [0.2, 0.25) is 5.02 Å². The number of halogens is 1. The van der Waals surface area contributed by atoms with E-state index in [0.717, 1.165) is 27.5 Å². The maximum absolute atomic E-state index is 13.4. The van der Waals surface area contributed by atoms with Crippen molar-refractivity contribution in [2.24, 2.45) is 0 Å². The molecular weight excluding hydrogens is 468 g/mol. The largest absolute Gasteiger partial charge is 0.351 e. The number of amides is 1. The number of benzene rings is 4. The van der Waals surface area contributed by atoms with Crippen LogP contribution in [-0.4, -0.2) is 25.2 Å². The number of hydrogen-bond donors (Lipinski definition) is 1. The van der Waals surface area contributed by atoms with Gasteiger partial charge in [-0.2, -0.15) is 4.31 Å². The van der Waals surface area contributed by atoms with Crippen LogP contribution in [0.5, 0.6) is 0 Å². The second-order valence-corrected chi connectivity index (χ2v) is 10.4. The number of carbonyl (C=O) groups excluding carboxylic acids is 1. The van der Waals surface area contributed by atoms with Crippen LogP contribution in [0.25, 0.3) is 10.8 Å². The Kier molecular flexibility index (Phi) is 7.32. The molecule has 0 heterocycles. The standard InChI is InChI=1S/C27H25ClN2O3S/c1-20-7-2-3-9-23(20)18-30(34(32,33)25-15-13-24(28)14-16-25)19-27(31)29-17-22-11-6-10-21-8-4-5-12-26(21)22/h2-16H,17-19H2,1H3,(H,29,31). The molecule has 1 amide bonds. The van der Waals surface area contributed by atoms with Crippen molar-refractivity contribution in [2.75, 3.05) is 6.54 Å². The van der Waals surface area contributed by atoms with Crippen LogP contribution >= 0.6 is 11.6 Å². The minimum absolute atomic E-state index is 0.0827. The number of sulfonamides is 1. The molecule has 0 unspecified atom stereocenters. The summed E-state index contributed by atoms with van der Waals surface area (Å²) >= 11 is 5.94. The molecular formula is C27H25ClN2O3S. The summed E-state index contributed by atoms with van der Waals surface area (Å²) in [5.74, 6) is -0.376. The van der Waals surface area contributed by atoms with Crippen LogP contribution in [0.4, 0.5) is 0 Å². The van der Waals surface area contributed by atoms with Gasteiger partial charge in [-0.25, -0.2) is 8.42 Å². The Labute approximate surface area is 205 Å². The van der Waals surface area contributed by atoms with Crippen molar-refractivity contribution in [3.8, 4) is 0 Å². The van der Waals surface area contributed by atoms with Gasteiger partial charge in [-0.3, -0.25) is 4.79 Å². The zero-order valence-electron chi connectivity index (χ0n) is 18.7. The minimum Gasteiger partial charge on any atom is -0.351 e. The molecule has 0 aliphatic rings. The minimum atomic E-state index is -3.93. The fourth-order valence-corrected chi connectivity index (χ4v) is 5.32. The van der Waals surface area contributed by atoms with Gasteiger partial charge in [0.05, 0.1) is 11.4 Å². The van der Waals surface area contributed by atoms with Crippen molar-refractivity contribution in [1.82, 2.24) is 9.62 Å². The van der Waals surface area contributed by atoms with Crippen molar-refractivity contribution in [3.63, 3.8) is 0 Å². The normalized spacial score (nSPS) is 11.6. The third kappa shape index (κ3) is 5.47. The van der Waals surface area contributed by atoms with Gasteiger partial charge in [0, 0.05) is 18.1 Å². The number of fused-ring (bicyclic) bond motifs is 1. The number of aryl methyl sites for hydroxylation is 1. The van der Waals surface area contributed by atoms with E-state index in [2.05, 4.69) is 5.32 Å². The van der Waals surface area contributed by atoms with Gasteiger partial charge in [0.25, 0.3) is 0 Å². The highest BCUT2D eigenvalue weighted by molar-refractivity contribution is 7.89. The zero-order chi connectivity index (χ0) is 24.1. The summed E-state index contributed by atoms with van der Waals surface area (Å²) in [5.41, 5.74) is 2.76. The Bertz CT molecular complexity index is 1410. The van der Waals surface area contributed by atoms with Crippen LogP contribution in [-0.2, 0) is 27.9 Å². The molecule has 0 bridgehead atoms. The average Bonchev–Trinajstić information content (AvgIpc) is 2.84. The van der Waals surface area contributed by atoms with Crippen molar-refractivity contribution >= 4 is 38.3 Å². The van der Waals surface area contributed by atoms with E-state index < -0.39 is 10.0 Å². The summed E-state index contributed by atoms with van der Waals surface area (Å²) in [4.78, 5) is 13.0. The number of carbonyl (C=O) groups is 1. The highest BCUT2D eigenvalue weighted by atomic mass is 35.5. The monoisotopic (exact) mass is 492 g/mol. The third-order valence-electron chi connectivity index (χ3n) is 5.74. The highest BCUT2D eigenvalue weighted by Gasteiger charge is 2.27.